The molecule has 0 spiro atoms. The van der Waals surface area contributed by atoms with Crippen molar-refractivity contribution in [1.82, 2.24) is 15.6 Å². The number of fused-ring (bicyclic) bond motifs is 1. The van der Waals surface area contributed by atoms with E-state index >= 15 is 0 Å². The normalized spacial score (nSPS) is 19.2. The lowest BCUT2D eigenvalue weighted by Gasteiger charge is -2.34. The molecule has 30 heavy (non-hydrogen) atoms. The standard InChI is InChI=1S/C26H27N3O/c1-18-14-20(9-12-27-18)22-15-21-10-13-30-26(21)23(16-22)17-29-24-8-5-11-28-25(24)19-6-3-2-4-7-19/h2-4,6-7,9-10,12-16,24-25,28-29H,5,8,11,17H2,1H3/t24-,25-/m0/s1. The van der Waals surface area contributed by atoms with Gasteiger partial charge < -0.3 is 15.1 Å². The van der Waals surface area contributed by atoms with Crippen LogP contribution in [0.4, 0.5) is 0 Å². The molecule has 2 atom stereocenters. The number of benzene rings is 2. The Balaban J connectivity index is 1.43. The molecular weight excluding hydrogens is 370 g/mol. The minimum Gasteiger partial charge on any atom is -0.464 e. The van der Waals surface area contributed by atoms with Crippen molar-refractivity contribution in [2.45, 2.75) is 38.4 Å². The number of aryl methyl sites for hydroxylation is 1. The van der Waals surface area contributed by atoms with Crippen molar-refractivity contribution in [3.05, 3.63) is 89.9 Å². The predicted molar refractivity (Wildman–Crippen MR) is 121 cm³/mol. The highest BCUT2D eigenvalue weighted by Crippen LogP contribution is 2.30. The lowest BCUT2D eigenvalue weighted by atomic mass is 9.92. The zero-order valence-corrected chi connectivity index (χ0v) is 17.3. The third-order valence-electron chi connectivity index (χ3n) is 6.03. The van der Waals surface area contributed by atoms with Crippen LogP contribution < -0.4 is 10.6 Å². The molecule has 1 fully saturated rings. The van der Waals surface area contributed by atoms with Crippen molar-refractivity contribution in [2.24, 2.45) is 0 Å². The van der Waals surface area contributed by atoms with Gasteiger partial charge in [0, 0.05) is 41.5 Å². The van der Waals surface area contributed by atoms with Crippen LogP contribution in [0.1, 0.15) is 35.7 Å². The van der Waals surface area contributed by atoms with Gasteiger partial charge in [0.05, 0.1) is 6.26 Å². The Morgan fingerprint density at radius 2 is 1.97 bits per heavy atom. The first kappa shape index (κ1) is 19.0. The largest absolute Gasteiger partial charge is 0.464 e. The SMILES string of the molecule is Cc1cc(-c2cc(CN[C@H]3CCCN[C@H]3c3ccccc3)c3occc3c2)ccn1. The van der Waals surface area contributed by atoms with Crippen molar-refractivity contribution in [2.75, 3.05) is 6.54 Å². The van der Waals surface area contributed by atoms with Crippen LogP contribution in [-0.2, 0) is 6.54 Å². The van der Waals surface area contributed by atoms with Crippen LogP contribution in [0.3, 0.4) is 0 Å². The van der Waals surface area contributed by atoms with Crippen molar-refractivity contribution in [3.8, 4) is 11.1 Å². The van der Waals surface area contributed by atoms with Crippen molar-refractivity contribution < 1.29 is 4.42 Å². The highest BCUT2D eigenvalue weighted by molar-refractivity contribution is 5.86. The van der Waals surface area contributed by atoms with E-state index < -0.39 is 0 Å². The number of rotatable bonds is 5. The van der Waals surface area contributed by atoms with Crippen molar-refractivity contribution in [3.63, 3.8) is 0 Å². The van der Waals surface area contributed by atoms with Gasteiger partial charge in [-0.25, -0.2) is 0 Å². The fraction of sp³-hybridized carbons (Fsp3) is 0.269. The molecule has 2 aromatic heterocycles. The first-order valence-electron chi connectivity index (χ1n) is 10.7. The maximum absolute atomic E-state index is 5.85. The molecule has 0 amide bonds. The van der Waals surface area contributed by atoms with E-state index in [1.807, 2.05) is 19.2 Å². The summed E-state index contributed by atoms with van der Waals surface area (Å²) in [6.07, 6.45) is 6.01. The number of piperidine rings is 1. The van der Waals surface area contributed by atoms with Crippen LogP contribution >= 0.6 is 0 Å². The van der Waals surface area contributed by atoms with Crippen LogP contribution in [-0.4, -0.2) is 17.6 Å². The van der Waals surface area contributed by atoms with Crippen LogP contribution in [0.2, 0.25) is 0 Å². The van der Waals surface area contributed by atoms with Gasteiger partial charge in [-0.1, -0.05) is 30.3 Å². The monoisotopic (exact) mass is 397 g/mol. The third-order valence-corrected chi connectivity index (χ3v) is 6.03. The van der Waals surface area contributed by atoms with Gasteiger partial charge in [-0.15, -0.1) is 0 Å². The van der Waals surface area contributed by atoms with Gasteiger partial charge >= 0.3 is 0 Å². The Labute approximate surface area is 177 Å². The Kier molecular flexibility index (Phi) is 5.35. The van der Waals surface area contributed by atoms with Gasteiger partial charge in [-0.05, 0) is 73.3 Å². The first-order chi connectivity index (χ1) is 14.8. The molecule has 0 bridgehead atoms. The number of furan rings is 1. The van der Waals surface area contributed by atoms with E-state index in [1.54, 1.807) is 6.26 Å². The lowest BCUT2D eigenvalue weighted by molar-refractivity contribution is 0.304. The van der Waals surface area contributed by atoms with Gasteiger partial charge in [0.1, 0.15) is 5.58 Å². The molecule has 5 rings (SSSR count). The van der Waals surface area contributed by atoms with Crippen LogP contribution in [0, 0.1) is 6.92 Å². The predicted octanol–water partition coefficient (Wildman–Crippen LogP) is 5.39. The smallest absolute Gasteiger partial charge is 0.138 e. The average Bonchev–Trinajstić information content (AvgIpc) is 3.27. The minimum atomic E-state index is 0.332. The Hall–Kier alpha value is -2.95. The number of nitrogens with one attached hydrogen (secondary N) is 2. The summed E-state index contributed by atoms with van der Waals surface area (Å²) in [7, 11) is 0. The number of hydrogen-bond acceptors (Lipinski definition) is 4. The maximum atomic E-state index is 5.85. The van der Waals surface area contributed by atoms with E-state index in [9.17, 15) is 0 Å². The van der Waals surface area contributed by atoms with Crippen molar-refractivity contribution >= 4 is 11.0 Å². The molecule has 4 heteroatoms. The minimum absolute atomic E-state index is 0.332. The quantitative estimate of drug-likeness (QED) is 0.474. The second-order valence-electron chi connectivity index (χ2n) is 8.13. The molecule has 1 aliphatic heterocycles. The van der Waals surface area contributed by atoms with E-state index in [1.165, 1.54) is 28.7 Å². The zero-order valence-electron chi connectivity index (χ0n) is 17.3. The number of pyridine rings is 1. The maximum Gasteiger partial charge on any atom is 0.138 e. The van der Waals surface area contributed by atoms with Gasteiger partial charge in [0.2, 0.25) is 0 Å². The summed E-state index contributed by atoms with van der Waals surface area (Å²) < 4.78 is 5.85. The fourth-order valence-corrected chi connectivity index (χ4v) is 4.54. The highest BCUT2D eigenvalue weighted by atomic mass is 16.3. The first-order valence-corrected chi connectivity index (χ1v) is 10.7. The van der Waals surface area contributed by atoms with E-state index in [0.717, 1.165) is 36.2 Å². The molecule has 4 aromatic rings. The molecule has 1 saturated heterocycles. The summed E-state index contributed by atoms with van der Waals surface area (Å²) in [5.41, 5.74) is 6.93. The van der Waals surface area contributed by atoms with Gasteiger partial charge in [-0.2, -0.15) is 0 Å². The molecule has 4 nitrogen and oxygen atoms in total. The van der Waals surface area contributed by atoms with Crippen LogP contribution in [0.15, 0.2) is 77.5 Å². The molecular formula is C26H27N3O. The summed E-state index contributed by atoms with van der Waals surface area (Å²) in [6, 6.07) is 22.2. The molecule has 1 aliphatic rings. The topological polar surface area (TPSA) is 50.1 Å². The lowest BCUT2D eigenvalue weighted by Crippen LogP contribution is -2.45. The summed E-state index contributed by atoms with van der Waals surface area (Å²) in [6.45, 7) is 3.87. The molecule has 152 valence electrons. The molecule has 3 heterocycles. The molecule has 0 aliphatic carbocycles. The molecule has 2 N–H and O–H groups in total. The Bertz CT molecular complexity index is 1140. The Morgan fingerprint density at radius 3 is 2.83 bits per heavy atom. The molecule has 0 saturated carbocycles. The summed E-state index contributed by atoms with van der Waals surface area (Å²) in [4.78, 5) is 4.34. The molecule has 0 radical (unpaired) electrons. The third kappa shape index (κ3) is 3.89. The second kappa shape index (κ2) is 8.42. The zero-order chi connectivity index (χ0) is 20.3. The van der Waals surface area contributed by atoms with Crippen LogP contribution in [0.25, 0.3) is 22.1 Å². The second-order valence-corrected chi connectivity index (χ2v) is 8.13. The van der Waals surface area contributed by atoms with E-state index in [2.05, 4.69) is 70.2 Å². The number of nitrogens with zero attached hydrogens (tertiary/aromatic N) is 1. The van der Waals surface area contributed by atoms with Gasteiger partial charge in [0.25, 0.3) is 0 Å². The highest BCUT2D eigenvalue weighted by Gasteiger charge is 2.25. The average molecular weight is 398 g/mol. The fourth-order valence-electron chi connectivity index (χ4n) is 4.54. The van der Waals surface area contributed by atoms with E-state index in [0.29, 0.717) is 12.1 Å². The summed E-state index contributed by atoms with van der Waals surface area (Å²) >= 11 is 0. The number of hydrogen-bond donors (Lipinski definition) is 2. The number of aromatic nitrogens is 1. The van der Waals surface area contributed by atoms with Gasteiger partial charge in [0.15, 0.2) is 0 Å². The van der Waals surface area contributed by atoms with E-state index in [-0.39, 0.29) is 0 Å². The van der Waals surface area contributed by atoms with E-state index in [4.69, 9.17) is 4.42 Å². The Morgan fingerprint density at radius 1 is 1.07 bits per heavy atom. The molecule has 0 unspecified atom stereocenters. The summed E-state index contributed by atoms with van der Waals surface area (Å²) in [5, 5.41) is 8.67. The van der Waals surface area contributed by atoms with Crippen molar-refractivity contribution in [1.29, 1.82) is 0 Å². The molecule has 2 aromatic carbocycles. The van der Waals surface area contributed by atoms with Gasteiger partial charge in [-0.3, -0.25) is 4.98 Å². The van der Waals surface area contributed by atoms with Crippen LogP contribution in [0.5, 0.6) is 0 Å². The summed E-state index contributed by atoms with van der Waals surface area (Å²) in [5.74, 6) is 0.